The second-order valence-corrected chi connectivity index (χ2v) is 6.93. The van der Waals surface area contributed by atoms with Crippen LogP contribution in [-0.2, 0) is 15.9 Å². The van der Waals surface area contributed by atoms with Crippen molar-refractivity contribution in [2.75, 3.05) is 38.3 Å². The number of pyridine rings is 1. The van der Waals surface area contributed by atoms with E-state index in [9.17, 15) is 14.3 Å². The largest absolute Gasteiger partial charge is 0.505 e. The third kappa shape index (κ3) is 3.86. The number of nitrogens with zero attached hydrogens (tertiary/aromatic N) is 2. The topological polar surface area (TPSA) is 71.9 Å². The molecule has 1 aliphatic heterocycles. The molecule has 2 aromatic carbocycles. The molecule has 1 aliphatic rings. The fourth-order valence-corrected chi connectivity index (χ4v) is 3.57. The summed E-state index contributed by atoms with van der Waals surface area (Å²) >= 11 is 0. The number of anilines is 1. The van der Waals surface area contributed by atoms with Crippen molar-refractivity contribution >= 4 is 22.6 Å². The number of morpholine rings is 1. The number of methoxy groups -OCH3 is 1. The number of halogens is 1. The zero-order valence-electron chi connectivity index (χ0n) is 16.0. The molecule has 0 amide bonds. The number of aromatic hydroxyl groups is 1. The summed E-state index contributed by atoms with van der Waals surface area (Å²) in [5, 5.41) is 11.4. The number of rotatable bonds is 4. The highest BCUT2D eigenvalue weighted by Crippen LogP contribution is 2.36. The molecule has 1 saturated heterocycles. The molecule has 1 aromatic heterocycles. The number of phenols is 1. The van der Waals surface area contributed by atoms with Gasteiger partial charge in [-0.2, -0.15) is 0 Å². The van der Waals surface area contributed by atoms with Gasteiger partial charge in [0, 0.05) is 30.4 Å². The summed E-state index contributed by atoms with van der Waals surface area (Å²) in [6.07, 6.45) is 2.24. The number of fused-ring (bicyclic) bond motifs is 1. The van der Waals surface area contributed by atoms with Gasteiger partial charge < -0.3 is 19.5 Å². The molecule has 2 heterocycles. The van der Waals surface area contributed by atoms with E-state index in [0.29, 0.717) is 38.2 Å². The Labute approximate surface area is 167 Å². The second-order valence-electron chi connectivity index (χ2n) is 6.93. The normalized spacial score (nSPS) is 14.2. The fourth-order valence-electron chi connectivity index (χ4n) is 3.57. The molecule has 0 unspecified atom stereocenters. The van der Waals surface area contributed by atoms with Crippen LogP contribution in [0.2, 0.25) is 0 Å². The Balaban J connectivity index is 1.82. The summed E-state index contributed by atoms with van der Waals surface area (Å²) < 4.78 is 23.4. The summed E-state index contributed by atoms with van der Waals surface area (Å²) in [5.41, 5.74) is 3.10. The Morgan fingerprint density at radius 1 is 1.21 bits per heavy atom. The zero-order chi connectivity index (χ0) is 20.4. The SMILES string of the molecule is COC(=O)c1cc(N2CCOCC2)c2cc(Cc3ccc(F)cc3)cnc2c1O. The molecular weight excluding hydrogens is 375 g/mol. The highest BCUT2D eigenvalue weighted by atomic mass is 19.1. The van der Waals surface area contributed by atoms with Crippen LogP contribution in [0.3, 0.4) is 0 Å². The number of benzene rings is 2. The fraction of sp³-hybridized carbons (Fsp3) is 0.273. The lowest BCUT2D eigenvalue weighted by atomic mass is 10.0. The van der Waals surface area contributed by atoms with Crippen molar-refractivity contribution < 1.29 is 23.8 Å². The van der Waals surface area contributed by atoms with Gasteiger partial charge in [-0.3, -0.25) is 4.98 Å². The summed E-state index contributed by atoms with van der Waals surface area (Å²) in [5.74, 6) is -1.09. The summed E-state index contributed by atoms with van der Waals surface area (Å²) in [6.45, 7) is 2.50. The molecule has 29 heavy (non-hydrogen) atoms. The highest BCUT2D eigenvalue weighted by molar-refractivity contribution is 6.05. The maximum absolute atomic E-state index is 13.2. The lowest BCUT2D eigenvalue weighted by molar-refractivity contribution is 0.0597. The number of aromatic nitrogens is 1. The van der Waals surface area contributed by atoms with E-state index in [1.54, 1.807) is 24.4 Å². The van der Waals surface area contributed by atoms with E-state index >= 15 is 0 Å². The van der Waals surface area contributed by atoms with Crippen molar-refractivity contribution in [1.29, 1.82) is 0 Å². The molecule has 0 saturated carbocycles. The molecule has 1 N–H and O–H groups in total. The van der Waals surface area contributed by atoms with E-state index < -0.39 is 5.97 Å². The number of carbonyl (C=O) groups is 1. The van der Waals surface area contributed by atoms with Gasteiger partial charge in [-0.15, -0.1) is 0 Å². The van der Waals surface area contributed by atoms with Crippen molar-refractivity contribution in [2.45, 2.75) is 6.42 Å². The molecule has 3 aromatic rings. The first kappa shape index (κ1) is 19.1. The molecule has 7 heteroatoms. The van der Waals surface area contributed by atoms with E-state index in [1.165, 1.54) is 19.2 Å². The number of ether oxygens (including phenoxy) is 2. The van der Waals surface area contributed by atoms with E-state index in [-0.39, 0.29) is 17.1 Å². The van der Waals surface area contributed by atoms with Gasteiger partial charge in [0.15, 0.2) is 5.75 Å². The predicted octanol–water partition coefficient (Wildman–Crippen LogP) is 3.29. The van der Waals surface area contributed by atoms with Crippen molar-refractivity contribution in [3.63, 3.8) is 0 Å². The van der Waals surface area contributed by atoms with Gasteiger partial charge >= 0.3 is 5.97 Å². The third-order valence-electron chi connectivity index (χ3n) is 5.06. The first-order valence-electron chi connectivity index (χ1n) is 9.37. The van der Waals surface area contributed by atoms with Crippen LogP contribution in [0.4, 0.5) is 10.1 Å². The minimum atomic E-state index is -0.615. The standard InChI is InChI=1S/C22H21FN2O4/c1-28-22(27)18-12-19(25-6-8-29-9-7-25)17-11-15(13-24-20(17)21(18)26)10-14-2-4-16(23)5-3-14/h2-5,11-13,26H,6-10H2,1H3. The molecule has 0 radical (unpaired) electrons. The van der Waals surface area contributed by atoms with Crippen LogP contribution in [0.15, 0.2) is 42.6 Å². The monoisotopic (exact) mass is 396 g/mol. The van der Waals surface area contributed by atoms with E-state index in [4.69, 9.17) is 9.47 Å². The van der Waals surface area contributed by atoms with Crippen LogP contribution in [0.25, 0.3) is 10.9 Å². The summed E-state index contributed by atoms with van der Waals surface area (Å²) in [4.78, 5) is 18.7. The molecule has 0 aliphatic carbocycles. The zero-order valence-corrected chi connectivity index (χ0v) is 16.0. The quantitative estimate of drug-likeness (QED) is 0.683. The van der Waals surface area contributed by atoms with Gasteiger partial charge in [0.1, 0.15) is 16.9 Å². The van der Waals surface area contributed by atoms with E-state index in [1.807, 2.05) is 6.07 Å². The average molecular weight is 396 g/mol. The molecule has 1 fully saturated rings. The lowest BCUT2D eigenvalue weighted by Crippen LogP contribution is -2.36. The van der Waals surface area contributed by atoms with Crippen LogP contribution in [0.1, 0.15) is 21.5 Å². The Kier molecular flexibility index (Phi) is 5.31. The summed E-state index contributed by atoms with van der Waals surface area (Å²) in [6, 6.07) is 9.94. The second kappa shape index (κ2) is 8.05. The maximum atomic E-state index is 13.2. The lowest BCUT2D eigenvalue weighted by Gasteiger charge is -2.30. The smallest absolute Gasteiger partial charge is 0.341 e. The predicted molar refractivity (Wildman–Crippen MR) is 107 cm³/mol. The van der Waals surface area contributed by atoms with Gasteiger partial charge in [0.05, 0.1) is 20.3 Å². The summed E-state index contributed by atoms with van der Waals surface area (Å²) in [7, 11) is 1.28. The number of carbonyl (C=O) groups excluding carboxylic acids is 1. The van der Waals surface area contributed by atoms with Gasteiger partial charge in [-0.25, -0.2) is 9.18 Å². The first-order chi connectivity index (χ1) is 14.1. The molecule has 4 rings (SSSR count). The molecule has 0 spiro atoms. The average Bonchev–Trinajstić information content (AvgIpc) is 2.76. The van der Waals surface area contributed by atoms with Crippen LogP contribution in [0.5, 0.6) is 5.75 Å². The molecule has 150 valence electrons. The minimum absolute atomic E-state index is 0.0836. The Bertz CT molecular complexity index is 1050. The third-order valence-corrected chi connectivity index (χ3v) is 5.06. The Morgan fingerprint density at radius 2 is 1.93 bits per heavy atom. The van der Waals surface area contributed by atoms with Crippen molar-refractivity contribution in [3.8, 4) is 5.75 Å². The maximum Gasteiger partial charge on any atom is 0.341 e. The van der Waals surface area contributed by atoms with Gasteiger partial charge in [0.2, 0.25) is 0 Å². The number of hydrogen-bond acceptors (Lipinski definition) is 6. The van der Waals surface area contributed by atoms with Crippen LogP contribution < -0.4 is 4.90 Å². The van der Waals surface area contributed by atoms with Gasteiger partial charge in [-0.05, 0) is 41.8 Å². The van der Waals surface area contributed by atoms with Crippen LogP contribution in [0, 0.1) is 5.82 Å². The molecule has 0 bridgehead atoms. The Hall–Kier alpha value is -3.19. The van der Waals surface area contributed by atoms with Gasteiger partial charge in [-0.1, -0.05) is 12.1 Å². The van der Waals surface area contributed by atoms with Crippen molar-refractivity contribution in [1.82, 2.24) is 4.98 Å². The van der Waals surface area contributed by atoms with Crippen LogP contribution in [-0.4, -0.2) is 49.5 Å². The molecular formula is C22H21FN2O4. The number of hydrogen-bond donors (Lipinski definition) is 1. The number of esters is 1. The van der Waals surface area contributed by atoms with E-state index in [0.717, 1.165) is 22.2 Å². The van der Waals surface area contributed by atoms with Crippen LogP contribution >= 0.6 is 0 Å². The van der Waals surface area contributed by atoms with E-state index in [2.05, 4.69) is 9.88 Å². The van der Waals surface area contributed by atoms with Crippen molar-refractivity contribution in [2.24, 2.45) is 0 Å². The van der Waals surface area contributed by atoms with Gasteiger partial charge in [0.25, 0.3) is 0 Å². The number of phenolic OH excluding ortho intramolecular Hbond substituents is 1. The molecule has 0 atom stereocenters. The highest BCUT2D eigenvalue weighted by Gasteiger charge is 2.23. The molecule has 6 nitrogen and oxygen atoms in total. The minimum Gasteiger partial charge on any atom is -0.505 e. The van der Waals surface area contributed by atoms with Crippen molar-refractivity contribution in [3.05, 3.63) is 65.1 Å². The Morgan fingerprint density at radius 3 is 2.62 bits per heavy atom. The first-order valence-corrected chi connectivity index (χ1v) is 9.37.